The van der Waals surface area contributed by atoms with Crippen molar-refractivity contribution in [3.63, 3.8) is 0 Å². The summed E-state index contributed by atoms with van der Waals surface area (Å²) in [6.45, 7) is 4.42. The molecule has 0 bridgehead atoms. The van der Waals surface area contributed by atoms with Crippen LogP contribution in [0.3, 0.4) is 0 Å². The zero-order chi connectivity index (χ0) is 17.3. The summed E-state index contributed by atoms with van der Waals surface area (Å²) in [5.41, 5.74) is 1.98. The van der Waals surface area contributed by atoms with Gasteiger partial charge in [-0.1, -0.05) is 6.07 Å². The molecular formula is C19H23N7. The van der Waals surface area contributed by atoms with Gasteiger partial charge in [-0.3, -0.25) is 9.88 Å². The number of rotatable bonds is 4. The average Bonchev–Trinajstić information content (AvgIpc) is 3.33. The first-order valence-electron chi connectivity index (χ1n) is 9.43. The van der Waals surface area contributed by atoms with Crippen molar-refractivity contribution in [1.29, 1.82) is 0 Å². The number of fused-ring (bicyclic) bond motifs is 2. The molecule has 0 N–H and O–H groups in total. The molecule has 3 aromatic rings. The van der Waals surface area contributed by atoms with E-state index in [1.165, 1.54) is 25.1 Å². The highest BCUT2D eigenvalue weighted by atomic mass is 15.4. The normalized spacial score (nSPS) is 23.5. The van der Waals surface area contributed by atoms with Crippen LogP contribution in [0.4, 0.5) is 5.82 Å². The molecule has 3 aromatic heterocycles. The molecular weight excluding hydrogens is 326 g/mol. The van der Waals surface area contributed by atoms with Crippen LogP contribution in [0.15, 0.2) is 42.9 Å². The number of likely N-dealkylation sites (tertiary alicyclic amines) is 1. The van der Waals surface area contributed by atoms with E-state index in [0.29, 0.717) is 6.04 Å². The van der Waals surface area contributed by atoms with E-state index in [-0.39, 0.29) is 0 Å². The third-order valence-corrected chi connectivity index (χ3v) is 5.83. The molecule has 2 fully saturated rings. The second-order valence-corrected chi connectivity index (χ2v) is 7.28. The lowest BCUT2D eigenvalue weighted by Gasteiger charge is -2.39. The van der Waals surface area contributed by atoms with E-state index in [1.54, 1.807) is 10.8 Å². The second kappa shape index (κ2) is 6.64. The van der Waals surface area contributed by atoms with Crippen LogP contribution in [0, 0.1) is 5.92 Å². The van der Waals surface area contributed by atoms with Crippen LogP contribution in [0.1, 0.15) is 18.5 Å². The van der Waals surface area contributed by atoms with Crippen LogP contribution < -0.4 is 4.90 Å². The zero-order valence-electron chi connectivity index (χ0n) is 14.8. The van der Waals surface area contributed by atoms with Gasteiger partial charge in [0.25, 0.3) is 0 Å². The first kappa shape index (κ1) is 15.7. The summed E-state index contributed by atoms with van der Waals surface area (Å²) >= 11 is 0. The van der Waals surface area contributed by atoms with Gasteiger partial charge in [-0.2, -0.15) is 4.52 Å². The van der Waals surface area contributed by atoms with Gasteiger partial charge >= 0.3 is 0 Å². The van der Waals surface area contributed by atoms with E-state index in [2.05, 4.69) is 48.3 Å². The highest BCUT2D eigenvalue weighted by Gasteiger charge is 2.38. The van der Waals surface area contributed by atoms with Crippen molar-refractivity contribution in [2.45, 2.75) is 25.3 Å². The summed E-state index contributed by atoms with van der Waals surface area (Å²) in [5, 5.41) is 12.6. The van der Waals surface area contributed by atoms with E-state index < -0.39 is 0 Å². The molecule has 0 aliphatic carbocycles. The maximum absolute atomic E-state index is 4.68. The number of pyridine rings is 1. The summed E-state index contributed by atoms with van der Waals surface area (Å²) in [6.07, 6.45) is 7.14. The molecule has 5 rings (SSSR count). The Morgan fingerprint density at radius 3 is 2.96 bits per heavy atom. The standard InChI is InChI=1S/C19H23N7/c1-2-9-20-16(3-1)8-12-24-10-6-15-7-11-25(13-17(15)24)19-5-4-18-22-21-14-26(18)23-19/h1-5,9,14-15,17H,6-8,10-13H2. The fourth-order valence-corrected chi connectivity index (χ4v) is 4.40. The van der Waals surface area contributed by atoms with Crippen molar-refractivity contribution >= 4 is 11.5 Å². The quantitative estimate of drug-likeness (QED) is 0.714. The Hall–Kier alpha value is -2.54. The number of nitrogens with zero attached hydrogens (tertiary/aromatic N) is 7. The van der Waals surface area contributed by atoms with Crippen LogP contribution in [0.25, 0.3) is 5.65 Å². The van der Waals surface area contributed by atoms with Crippen LogP contribution in [-0.4, -0.2) is 61.9 Å². The minimum Gasteiger partial charge on any atom is -0.354 e. The molecule has 0 radical (unpaired) electrons. The molecule has 26 heavy (non-hydrogen) atoms. The highest BCUT2D eigenvalue weighted by Crippen LogP contribution is 2.33. The van der Waals surface area contributed by atoms with Gasteiger partial charge in [-0.25, -0.2) is 0 Å². The monoisotopic (exact) mass is 349 g/mol. The molecule has 2 atom stereocenters. The maximum atomic E-state index is 4.68. The van der Waals surface area contributed by atoms with Gasteiger partial charge < -0.3 is 4.90 Å². The van der Waals surface area contributed by atoms with Crippen molar-refractivity contribution in [2.24, 2.45) is 5.92 Å². The molecule has 134 valence electrons. The maximum Gasteiger partial charge on any atom is 0.177 e. The molecule has 0 aromatic carbocycles. The van der Waals surface area contributed by atoms with Crippen LogP contribution in [0.5, 0.6) is 0 Å². The molecule has 7 nitrogen and oxygen atoms in total. The van der Waals surface area contributed by atoms with Crippen molar-refractivity contribution in [3.05, 3.63) is 48.5 Å². The lowest BCUT2D eigenvalue weighted by Crippen LogP contribution is -2.49. The van der Waals surface area contributed by atoms with E-state index >= 15 is 0 Å². The topological polar surface area (TPSA) is 62.5 Å². The Morgan fingerprint density at radius 1 is 1.08 bits per heavy atom. The molecule has 2 unspecified atom stereocenters. The third-order valence-electron chi connectivity index (χ3n) is 5.83. The predicted molar refractivity (Wildman–Crippen MR) is 99.0 cm³/mol. The van der Waals surface area contributed by atoms with Gasteiger partial charge in [0.15, 0.2) is 5.65 Å². The summed E-state index contributed by atoms with van der Waals surface area (Å²) in [4.78, 5) is 9.54. The number of hydrogen-bond donors (Lipinski definition) is 0. The SMILES string of the molecule is c1ccc(CCN2CCC3CCN(c4ccc5nncn5n4)CC32)nc1. The van der Waals surface area contributed by atoms with Gasteiger partial charge in [0.05, 0.1) is 0 Å². The predicted octanol–water partition coefficient (Wildman–Crippen LogP) is 1.66. The first-order valence-corrected chi connectivity index (χ1v) is 9.43. The minimum atomic E-state index is 0.617. The molecule has 7 heteroatoms. The van der Waals surface area contributed by atoms with Crippen molar-refractivity contribution in [2.75, 3.05) is 31.1 Å². The van der Waals surface area contributed by atoms with E-state index in [4.69, 9.17) is 0 Å². The van der Waals surface area contributed by atoms with Crippen LogP contribution >= 0.6 is 0 Å². The summed E-state index contributed by atoms with van der Waals surface area (Å²) < 4.78 is 1.76. The Labute approximate surface area is 152 Å². The fourth-order valence-electron chi connectivity index (χ4n) is 4.40. The first-order chi connectivity index (χ1) is 12.9. The zero-order valence-corrected chi connectivity index (χ0v) is 14.8. The Balaban J connectivity index is 1.29. The van der Waals surface area contributed by atoms with Gasteiger partial charge in [0.2, 0.25) is 0 Å². The van der Waals surface area contributed by atoms with Gasteiger partial charge in [0.1, 0.15) is 12.1 Å². The Kier molecular flexibility index (Phi) is 4.01. The van der Waals surface area contributed by atoms with E-state index in [0.717, 1.165) is 43.4 Å². The van der Waals surface area contributed by atoms with Gasteiger partial charge in [-0.15, -0.1) is 15.3 Å². The van der Waals surface area contributed by atoms with Crippen molar-refractivity contribution < 1.29 is 0 Å². The summed E-state index contributed by atoms with van der Waals surface area (Å²) in [5.74, 6) is 1.83. The average molecular weight is 349 g/mol. The molecule has 2 saturated heterocycles. The minimum absolute atomic E-state index is 0.617. The van der Waals surface area contributed by atoms with Crippen molar-refractivity contribution in [3.8, 4) is 0 Å². The van der Waals surface area contributed by atoms with Crippen molar-refractivity contribution in [1.82, 2.24) is 29.7 Å². The number of hydrogen-bond acceptors (Lipinski definition) is 6. The third kappa shape index (κ3) is 2.92. The Bertz CT molecular complexity index is 878. The highest BCUT2D eigenvalue weighted by molar-refractivity contribution is 5.45. The smallest absolute Gasteiger partial charge is 0.177 e. The molecule has 5 heterocycles. The van der Waals surface area contributed by atoms with Crippen LogP contribution in [-0.2, 0) is 6.42 Å². The van der Waals surface area contributed by atoms with Crippen LogP contribution in [0.2, 0.25) is 0 Å². The number of aromatic nitrogens is 5. The lowest BCUT2D eigenvalue weighted by atomic mass is 9.92. The molecule has 2 aliphatic heterocycles. The molecule has 0 saturated carbocycles. The summed E-state index contributed by atoms with van der Waals surface area (Å²) in [6, 6.07) is 10.9. The largest absolute Gasteiger partial charge is 0.354 e. The van der Waals surface area contributed by atoms with Gasteiger partial charge in [-0.05, 0) is 49.6 Å². The number of piperidine rings is 1. The Morgan fingerprint density at radius 2 is 2.04 bits per heavy atom. The molecule has 0 spiro atoms. The molecule has 2 aliphatic rings. The second-order valence-electron chi connectivity index (χ2n) is 7.28. The van der Waals surface area contributed by atoms with E-state index in [1.807, 2.05) is 18.3 Å². The van der Waals surface area contributed by atoms with Gasteiger partial charge in [0, 0.05) is 44.0 Å². The van der Waals surface area contributed by atoms with E-state index in [9.17, 15) is 0 Å². The molecule has 0 amide bonds. The summed E-state index contributed by atoms with van der Waals surface area (Å²) in [7, 11) is 0. The fraction of sp³-hybridized carbons (Fsp3) is 0.474. The number of anilines is 1. The lowest BCUT2D eigenvalue weighted by molar-refractivity contribution is 0.209.